The van der Waals surface area contributed by atoms with Crippen LogP contribution >= 0.6 is 11.8 Å². The van der Waals surface area contributed by atoms with Crippen LogP contribution < -0.4 is 4.90 Å². The predicted molar refractivity (Wildman–Crippen MR) is 53.6 cm³/mol. The number of thioether (sulfide) groups is 1. The normalized spacial score (nSPS) is 16.6. The molecule has 1 aliphatic rings. The van der Waals surface area contributed by atoms with Crippen molar-refractivity contribution in [1.29, 1.82) is 0 Å². The molecule has 0 amide bonds. The molecular weight excluding hydrogens is 244 g/mol. The smallest absolute Gasteiger partial charge is 0.253 e. The third-order valence-electron chi connectivity index (χ3n) is 2.30. The van der Waals surface area contributed by atoms with Crippen molar-refractivity contribution in [3.8, 4) is 0 Å². The van der Waals surface area contributed by atoms with Crippen molar-refractivity contribution < 1.29 is 17.6 Å². The number of pyridine rings is 1. The van der Waals surface area contributed by atoms with Gasteiger partial charge in [0.25, 0.3) is 11.9 Å². The first kappa shape index (κ1) is 11.5. The highest BCUT2D eigenvalue weighted by atomic mass is 32.2. The zero-order chi connectivity index (χ0) is 11.7. The molecule has 16 heavy (non-hydrogen) atoms. The van der Waals surface area contributed by atoms with E-state index in [1.165, 1.54) is 4.90 Å². The van der Waals surface area contributed by atoms with E-state index in [0.29, 0.717) is 24.6 Å². The van der Waals surface area contributed by atoms with Crippen LogP contribution in [0.1, 0.15) is 0 Å². The highest BCUT2D eigenvalue weighted by Gasteiger charge is 2.26. The first-order chi connectivity index (χ1) is 7.61. The summed E-state index contributed by atoms with van der Waals surface area (Å²) in [6, 6.07) is 0. The molecule has 2 nitrogen and oxygen atoms in total. The minimum Gasteiger partial charge on any atom is -0.365 e. The predicted octanol–water partition coefficient (Wildman–Crippen LogP) is 2.19. The third kappa shape index (κ3) is 1.95. The Labute approximate surface area is 93.7 Å². The van der Waals surface area contributed by atoms with Gasteiger partial charge in [-0.2, -0.15) is 34.3 Å². The summed E-state index contributed by atoms with van der Waals surface area (Å²) in [5.41, 5.74) is -0.648. The van der Waals surface area contributed by atoms with Crippen LogP contribution in [0.2, 0.25) is 0 Å². The van der Waals surface area contributed by atoms with Crippen LogP contribution in [0, 0.1) is 23.5 Å². The summed E-state index contributed by atoms with van der Waals surface area (Å²) >= 11 is 1.62. The molecule has 0 saturated carbocycles. The van der Waals surface area contributed by atoms with Gasteiger partial charge >= 0.3 is 0 Å². The SMILES string of the molecule is Fc1nc(F)c(F)c(N2CCSCC2)c1F. The van der Waals surface area contributed by atoms with E-state index in [1.807, 2.05) is 0 Å². The molecule has 1 aliphatic heterocycles. The fourth-order valence-electron chi connectivity index (χ4n) is 1.54. The second-order valence-corrected chi connectivity index (χ2v) is 4.49. The number of halogens is 4. The average molecular weight is 252 g/mol. The quantitative estimate of drug-likeness (QED) is 0.563. The number of hydrogen-bond acceptors (Lipinski definition) is 3. The highest BCUT2D eigenvalue weighted by Crippen LogP contribution is 2.28. The van der Waals surface area contributed by atoms with Gasteiger partial charge in [0.15, 0.2) is 0 Å². The second kappa shape index (κ2) is 4.48. The Morgan fingerprint density at radius 3 is 1.94 bits per heavy atom. The number of aromatic nitrogens is 1. The lowest BCUT2D eigenvalue weighted by Gasteiger charge is -2.28. The summed E-state index contributed by atoms with van der Waals surface area (Å²) in [5, 5.41) is 0. The van der Waals surface area contributed by atoms with Gasteiger partial charge in [-0.05, 0) is 0 Å². The maximum Gasteiger partial charge on any atom is 0.253 e. The number of nitrogens with zero attached hydrogens (tertiary/aromatic N) is 2. The molecule has 0 N–H and O–H groups in total. The molecule has 2 rings (SSSR count). The summed E-state index contributed by atoms with van der Waals surface area (Å²) in [5.74, 6) is -4.72. The summed E-state index contributed by atoms with van der Waals surface area (Å²) in [7, 11) is 0. The maximum absolute atomic E-state index is 13.3. The van der Waals surface area contributed by atoms with Crippen molar-refractivity contribution in [3.05, 3.63) is 23.5 Å². The molecule has 1 fully saturated rings. The Morgan fingerprint density at radius 2 is 1.44 bits per heavy atom. The highest BCUT2D eigenvalue weighted by molar-refractivity contribution is 7.99. The summed E-state index contributed by atoms with van der Waals surface area (Å²) < 4.78 is 52.4. The van der Waals surface area contributed by atoms with Gasteiger partial charge in [-0.3, -0.25) is 0 Å². The van der Waals surface area contributed by atoms with E-state index in [9.17, 15) is 17.6 Å². The van der Waals surface area contributed by atoms with E-state index < -0.39 is 29.2 Å². The van der Waals surface area contributed by atoms with Crippen molar-refractivity contribution >= 4 is 17.4 Å². The lowest BCUT2D eigenvalue weighted by Crippen LogP contribution is -2.34. The van der Waals surface area contributed by atoms with Crippen LogP contribution in [-0.2, 0) is 0 Å². The molecule has 88 valence electrons. The van der Waals surface area contributed by atoms with E-state index in [1.54, 1.807) is 11.8 Å². The second-order valence-electron chi connectivity index (χ2n) is 3.27. The zero-order valence-corrected chi connectivity index (χ0v) is 8.96. The first-order valence-corrected chi connectivity index (χ1v) is 5.79. The van der Waals surface area contributed by atoms with Crippen LogP contribution in [0.5, 0.6) is 0 Å². The van der Waals surface area contributed by atoms with Crippen LogP contribution in [0.15, 0.2) is 0 Å². The summed E-state index contributed by atoms with van der Waals surface area (Å²) in [4.78, 5) is 3.81. The largest absolute Gasteiger partial charge is 0.365 e. The molecule has 1 aromatic rings. The van der Waals surface area contributed by atoms with Gasteiger partial charge in [-0.25, -0.2) is 0 Å². The van der Waals surface area contributed by atoms with Gasteiger partial charge in [0.05, 0.1) is 0 Å². The average Bonchev–Trinajstić information content (AvgIpc) is 2.28. The summed E-state index contributed by atoms with van der Waals surface area (Å²) in [6.07, 6.45) is 0. The van der Waals surface area contributed by atoms with E-state index >= 15 is 0 Å². The molecule has 1 aromatic heterocycles. The van der Waals surface area contributed by atoms with Gasteiger partial charge in [-0.1, -0.05) is 0 Å². The zero-order valence-electron chi connectivity index (χ0n) is 8.14. The topological polar surface area (TPSA) is 16.1 Å². The monoisotopic (exact) mass is 252 g/mol. The Kier molecular flexibility index (Phi) is 3.22. The molecule has 0 aromatic carbocycles. The first-order valence-electron chi connectivity index (χ1n) is 4.64. The molecule has 1 saturated heterocycles. The van der Waals surface area contributed by atoms with Crippen LogP contribution in [0.3, 0.4) is 0 Å². The maximum atomic E-state index is 13.3. The lowest BCUT2D eigenvalue weighted by atomic mass is 10.3. The van der Waals surface area contributed by atoms with Gasteiger partial charge in [-0.15, -0.1) is 0 Å². The van der Waals surface area contributed by atoms with Crippen molar-refractivity contribution in [3.63, 3.8) is 0 Å². The van der Waals surface area contributed by atoms with Crippen molar-refractivity contribution in [2.45, 2.75) is 0 Å². The Balaban J connectivity index is 2.45. The van der Waals surface area contributed by atoms with Gasteiger partial charge < -0.3 is 4.90 Å². The number of hydrogen-bond donors (Lipinski definition) is 0. The van der Waals surface area contributed by atoms with E-state index in [-0.39, 0.29) is 0 Å². The molecule has 0 bridgehead atoms. The molecule has 0 aliphatic carbocycles. The standard InChI is InChI=1S/C9H8F4N2S/c10-5-7(15-1-3-16-4-2-15)6(11)9(13)14-8(5)12/h1-4H2. The van der Waals surface area contributed by atoms with Gasteiger partial charge in [0.2, 0.25) is 11.6 Å². The lowest BCUT2D eigenvalue weighted by molar-refractivity contribution is 0.406. The van der Waals surface area contributed by atoms with Crippen LogP contribution in [-0.4, -0.2) is 29.6 Å². The molecule has 0 radical (unpaired) electrons. The van der Waals surface area contributed by atoms with Gasteiger partial charge in [0.1, 0.15) is 5.69 Å². The van der Waals surface area contributed by atoms with Crippen LogP contribution in [0.4, 0.5) is 23.2 Å². The number of anilines is 1. The van der Waals surface area contributed by atoms with Crippen molar-refractivity contribution in [1.82, 2.24) is 4.98 Å². The van der Waals surface area contributed by atoms with Gasteiger partial charge in [0, 0.05) is 24.6 Å². The fourth-order valence-corrected chi connectivity index (χ4v) is 2.44. The molecular formula is C9H8F4N2S. The Hall–Kier alpha value is -0.980. The van der Waals surface area contributed by atoms with E-state index in [2.05, 4.69) is 4.98 Å². The minimum absolute atomic E-state index is 0.363. The van der Waals surface area contributed by atoms with Crippen molar-refractivity contribution in [2.24, 2.45) is 0 Å². The third-order valence-corrected chi connectivity index (χ3v) is 3.24. The van der Waals surface area contributed by atoms with E-state index in [4.69, 9.17) is 0 Å². The molecule has 0 atom stereocenters. The Bertz CT molecular complexity index is 381. The molecule has 0 unspecified atom stereocenters. The summed E-state index contributed by atoms with van der Waals surface area (Å²) in [6.45, 7) is 0.725. The minimum atomic E-state index is -1.60. The molecule has 2 heterocycles. The fraction of sp³-hybridized carbons (Fsp3) is 0.444. The van der Waals surface area contributed by atoms with Crippen molar-refractivity contribution in [2.75, 3.05) is 29.5 Å². The number of rotatable bonds is 1. The van der Waals surface area contributed by atoms with E-state index in [0.717, 1.165) is 0 Å². The Morgan fingerprint density at radius 1 is 0.938 bits per heavy atom. The van der Waals surface area contributed by atoms with Crippen LogP contribution in [0.25, 0.3) is 0 Å². The molecule has 7 heteroatoms. The molecule has 0 spiro atoms.